The summed E-state index contributed by atoms with van der Waals surface area (Å²) in [6, 6.07) is 4.37. The van der Waals surface area contributed by atoms with Crippen molar-refractivity contribution >= 4 is 18.1 Å². The standard InChI is InChI=1S/C19H24N6O4/c26-15-2-1-14(16(27)11-15)12-20-13-17-21-18(24-3-7-28-8-4-24)23-19(22-17)25-5-9-29-10-6-25/h1-2,11-12,26-27H,3-10,13H2. The first kappa shape index (κ1) is 19.3. The zero-order valence-electron chi connectivity index (χ0n) is 16.1. The van der Waals surface area contributed by atoms with Crippen LogP contribution in [0.25, 0.3) is 0 Å². The van der Waals surface area contributed by atoms with Gasteiger partial charge >= 0.3 is 0 Å². The van der Waals surface area contributed by atoms with Gasteiger partial charge in [0.1, 0.15) is 11.5 Å². The highest BCUT2D eigenvalue weighted by Crippen LogP contribution is 2.21. The number of aromatic hydroxyl groups is 2. The van der Waals surface area contributed by atoms with E-state index in [0.29, 0.717) is 49.7 Å². The van der Waals surface area contributed by atoms with E-state index in [1.807, 2.05) is 0 Å². The summed E-state index contributed by atoms with van der Waals surface area (Å²) in [4.78, 5) is 22.4. The third-order valence-electron chi connectivity index (χ3n) is 4.72. The number of morpholine rings is 2. The lowest BCUT2D eigenvalue weighted by atomic mass is 10.2. The van der Waals surface area contributed by atoms with Gasteiger partial charge < -0.3 is 29.5 Å². The molecule has 2 fully saturated rings. The van der Waals surface area contributed by atoms with E-state index in [9.17, 15) is 10.2 Å². The molecular formula is C19H24N6O4. The van der Waals surface area contributed by atoms with E-state index in [1.165, 1.54) is 12.1 Å². The van der Waals surface area contributed by atoms with E-state index in [1.54, 1.807) is 12.3 Å². The molecule has 0 atom stereocenters. The summed E-state index contributed by atoms with van der Waals surface area (Å²) in [5.41, 5.74) is 0.513. The van der Waals surface area contributed by atoms with E-state index in [2.05, 4.69) is 29.7 Å². The largest absolute Gasteiger partial charge is 0.508 e. The zero-order chi connectivity index (χ0) is 20.1. The fourth-order valence-electron chi connectivity index (χ4n) is 3.14. The number of nitrogens with zero attached hydrogens (tertiary/aromatic N) is 6. The molecule has 1 aromatic carbocycles. The Hall–Kier alpha value is -2.98. The van der Waals surface area contributed by atoms with E-state index in [0.717, 1.165) is 26.2 Å². The fraction of sp³-hybridized carbons (Fsp3) is 0.474. The van der Waals surface area contributed by atoms with E-state index in [4.69, 9.17) is 9.47 Å². The van der Waals surface area contributed by atoms with Crippen LogP contribution in [0.3, 0.4) is 0 Å². The third-order valence-corrected chi connectivity index (χ3v) is 4.72. The summed E-state index contributed by atoms with van der Waals surface area (Å²) >= 11 is 0. The maximum atomic E-state index is 9.89. The van der Waals surface area contributed by atoms with Gasteiger partial charge in [0.15, 0.2) is 5.82 Å². The molecule has 0 spiro atoms. The molecule has 0 bridgehead atoms. The zero-order valence-corrected chi connectivity index (χ0v) is 16.1. The van der Waals surface area contributed by atoms with Gasteiger partial charge in [0, 0.05) is 44.0 Å². The predicted octanol–water partition coefficient (Wildman–Crippen LogP) is 0.575. The quantitative estimate of drug-likeness (QED) is 0.695. The first-order valence-electron chi connectivity index (χ1n) is 9.61. The second-order valence-electron chi connectivity index (χ2n) is 6.76. The molecule has 1 aromatic heterocycles. The molecule has 3 heterocycles. The molecule has 4 rings (SSSR count). The summed E-state index contributed by atoms with van der Waals surface area (Å²) in [6.45, 7) is 5.76. The predicted molar refractivity (Wildman–Crippen MR) is 107 cm³/mol. The Morgan fingerprint density at radius 2 is 1.48 bits per heavy atom. The number of phenols is 2. The van der Waals surface area contributed by atoms with E-state index >= 15 is 0 Å². The number of benzene rings is 1. The van der Waals surface area contributed by atoms with Crippen LogP contribution in [0.5, 0.6) is 11.5 Å². The minimum absolute atomic E-state index is 0.00224. The van der Waals surface area contributed by atoms with E-state index in [-0.39, 0.29) is 18.0 Å². The Morgan fingerprint density at radius 1 is 0.897 bits per heavy atom. The highest BCUT2D eigenvalue weighted by molar-refractivity contribution is 5.83. The van der Waals surface area contributed by atoms with Gasteiger partial charge in [-0.25, -0.2) is 0 Å². The molecule has 10 nitrogen and oxygen atoms in total. The smallest absolute Gasteiger partial charge is 0.230 e. The van der Waals surface area contributed by atoms with Gasteiger partial charge in [-0.1, -0.05) is 0 Å². The third kappa shape index (κ3) is 4.90. The molecule has 2 N–H and O–H groups in total. The molecule has 2 aliphatic heterocycles. The van der Waals surface area contributed by atoms with Crippen molar-refractivity contribution in [2.75, 3.05) is 62.4 Å². The number of rotatable bonds is 5. The van der Waals surface area contributed by atoms with Crippen molar-refractivity contribution in [3.8, 4) is 11.5 Å². The van der Waals surface area contributed by atoms with Crippen LogP contribution in [0.1, 0.15) is 11.4 Å². The molecular weight excluding hydrogens is 376 g/mol. The summed E-state index contributed by atoms with van der Waals surface area (Å²) in [5, 5.41) is 19.3. The molecule has 0 radical (unpaired) electrons. The molecule has 10 heteroatoms. The maximum Gasteiger partial charge on any atom is 0.230 e. The molecule has 154 valence electrons. The van der Waals surface area contributed by atoms with Gasteiger partial charge in [0.25, 0.3) is 0 Å². The van der Waals surface area contributed by atoms with Crippen molar-refractivity contribution in [3.05, 3.63) is 29.6 Å². The van der Waals surface area contributed by atoms with Crippen molar-refractivity contribution in [1.29, 1.82) is 0 Å². The van der Waals surface area contributed by atoms with Gasteiger partial charge in [-0.2, -0.15) is 15.0 Å². The van der Waals surface area contributed by atoms with Gasteiger partial charge in [0.2, 0.25) is 11.9 Å². The molecule has 0 unspecified atom stereocenters. The van der Waals surface area contributed by atoms with Crippen LogP contribution in [0, 0.1) is 0 Å². The highest BCUT2D eigenvalue weighted by Gasteiger charge is 2.20. The van der Waals surface area contributed by atoms with Gasteiger partial charge in [0.05, 0.1) is 33.0 Å². The minimum Gasteiger partial charge on any atom is -0.508 e. The lowest BCUT2D eigenvalue weighted by molar-refractivity contribution is 0.121. The van der Waals surface area contributed by atoms with Crippen LogP contribution in [0.4, 0.5) is 11.9 Å². The van der Waals surface area contributed by atoms with Crippen LogP contribution in [0.2, 0.25) is 0 Å². The second kappa shape index (κ2) is 9.01. The molecule has 2 aliphatic rings. The number of aromatic nitrogens is 3. The average Bonchev–Trinajstić information content (AvgIpc) is 2.76. The summed E-state index contributed by atoms with van der Waals surface area (Å²) in [7, 11) is 0. The topological polar surface area (TPSA) is 116 Å². The second-order valence-corrected chi connectivity index (χ2v) is 6.76. The molecule has 0 saturated carbocycles. The van der Waals surface area contributed by atoms with Gasteiger partial charge in [-0.15, -0.1) is 0 Å². The molecule has 2 saturated heterocycles. The Bertz CT molecular complexity index is 830. The van der Waals surface area contributed by atoms with Gasteiger partial charge in [-0.05, 0) is 12.1 Å². The normalized spacial score (nSPS) is 17.8. The fourth-order valence-corrected chi connectivity index (χ4v) is 3.14. The number of aliphatic imine (C=N–C) groups is 1. The molecule has 2 aromatic rings. The number of hydrogen-bond acceptors (Lipinski definition) is 10. The number of phenolic OH excluding ortho intramolecular Hbond substituents is 2. The lowest BCUT2D eigenvalue weighted by Crippen LogP contribution is -2.40. The lowest BCUT2D eigenvalue weighted by Gasteiger charge is -2.30. The number of hydrogen-bond donors (Lipinski definition) is 2. The Kier molecular flexibility index (Phi) is 6.01. The first-order chi connectivity index (χ1) is 14.2. The van der Waals surface area contributed by atoms with Crippen LogP contribution in [-0.4, -0.2) is 84.0 Å². The van der Waals surface area contributed by atoms with Crippen LogP contribution in [-0.2, 0) is 16.0 Å². The number of ether oxygens (including phenoxy) is 2. The monoisotopic (exact) mass is 400 g/mol. The van der Waals surface area contributed by atoms with Gasteiger partial charge in [-0.3, -0.25) is 4.99 Å². The SMILES string of the molecule is Oc1ccc(C=NCc2nc(N3CCOCC3)nc(N3CCOCC3)n2)c(O)c1. The van der Waals surface area contributed by atoms with Crippen molar-refractivity contribution in [1.82, 2.24) is 15.0 Å². The van der Waals surface area contributed by atoms with E-state index < -0.39 is 0 Å². The molecule has 29 heavy (non-hydrogen) atoms. The summed E-state index contributed by atoms with van der Waals surface area (Å²) < 4.78 is 10.9. The van der Waals surface area contributed by atoms with Crippen LogP contribution < -0.4 is 9.80 Å². The summed E-state index contributed by atoms with van der Waals surface area (Å²) in [5.74, 6) is 1.78. The number of anilines is 2. The Labute approximate surface area is 168 Å². The van der Waals surface area contributed by atoms with Crippen molar-refractivity contribution in [2.45, 2.75) is 6.54 Å². The molecule has 0 amide bonds. The Balaban J connectivity index is 1.56. The van der Waals surface area contributed by atoms with Crippen LogP contribution >= 0.6 is 0 Å². The van der Waals surface area contributed by atoms with Crippen LogP contribution in [0.15, 0.2) is 23.2 Å². The van der Waals surface area contributed by atoms with Crippen molar-refractivity contribution in [3.63, 3.8) is 0 Å². The highest BCUT2D eigenvalue weighted by atomic mass is 16.5. The Morgan fingerprint density at radius 3 is 2.03 bits per heavy atom. The molecule has 0 aliphatic carbocycles. The first-order valence-corrected chi connectivity index (χ1v) is 9.61. The summed E-state index contributed by atoms with van der Waals surface area (Å²) in [6.07, 6.45) is 1.54. The minimum atomic E-state index is -0.0348. The maximum absolute atomic E-state index is 9.89. The van der Waals surface area contributed by atoms with Crippen molar-refractivity contribution in [2.24, 2.45) is 4.99 Å². The average molecular weight is 400 g/mol. The van der Waals surface area contributed by atoms with Crippen molar-refractivity contribution < 1.29 is 19.7 Å².